The van der Waals surface area contributed by atoms with Crippen LogP contribution in [-0.4, -0.2) is 36.1 Å². The summed E-state index contributed by atoms with van der Waals surface area (Å²) in [6.07, 6.45) is 6.21. The average molecular weight is 272 g/mol. The summed E-state index contributed by atoms with van der Waals surface area (Å²) in [5.41, 5.74) is 0.119. The third-order valence-electron chi connectivity index (χ3n) is 3.88. The van der Waals surface area contributed by atoms with Crippen LogP contribution in [0.1, 0.15) is 25.7 Å². The zero-order valence-electron chi connectivity index (χ0n) is 10.8. The van der Waals surface area contributed by atoms with E-state index in [0.29, 0.717) is 11.6 Å². The highest BCUT2D eigenvalue weighted by Gasteiger charge is 2.35. The Labute approximate surface area is 112 Å². The largest absolute Gasteiger partial charge is 0.366 e. The number of rotatable bonds is 4. The van der Waals surface area contributed by atoms with Crippen LogP contribution in [0.4, 0.5) is 10.2 Å². The minimum absolute atomic E-state index is 0.119. The number of nitrogens with one attached hydrogen (secondary N) is 1. The van der Waals surface area contributed by atoms with Gasteiger partial charge in [-0.1, -0.05) is 24.4 Å². The lowest BCUT2D eigenvalue weighted by atomic mass is 9.96. The van der Waals surface area contributed by atoms with E-state index in [1.807, 2.05) is 0 Å². The monoisotopic (exact) mass is 271 g/mol. The topological polar surface area (TPSA) is 28.2 Å². The number of pyridine rings is 1. The second-order valence-corrected chi connectivity index (χ2v) is 5.60. The predicted octanol–water partition coefficient (Wildman–Crippen LogP) is 3.16. The van der Waals surface area contributed by atoms with Gasteiger partial charge in [0.05, 0.1) is 5.02 Å². The van der Waals surface area contributed by atoms with Crippen LogP contribution in [0.5, 0.6) is 0 Å². The third kappa shape index (κ3) is 2.75. The van der Waals surface area contributed by atoms with Crippen LogP contribution in [-0.2, 0) is 0 Å². The number of aromatic nitrogens is 1. The van der Waals surface area contributed by atoms with Gasteiger partial charge in [0.25, 0.3) is 0 Å². The molecular weight excluding hydrogens is 253 g/mol. The fourth-order valence-corrected chi connectivity index (χ4v) is 2.75. The first-order chi connectivity index (χ1) is 8.53. The molecule has 0 amide bonds. The molecule has 18 heavy (non-hydrogen) atoms. The Bertz CT molecular complexity index is 417. The molecule has 100 valence electrons. The Morgan fingerprint density at radius 1 is 1.44 bits per heavy atom. The molecule has 0 atom stereocenters. The van der Waals surface area contributed by atoms with Crippen molar-refractivity contribution in [1.29, 1.82) is 0 Å². The van der Waals surface area contributed by atoms with Crippen LogP contribution in [0.25, 0.3) is 0 Å². The van der Waals surface area contributed by atoms with E-state index in [1.165, 1.54) is 25.1 Å². The van der Waals surface area contributed by atoms with Gasteiger partial charge in [0.15, 0.2) is 11.6 Å². The van der Waals surface area contributed by atoms with Crippen molar-refractivity contribution in [1.82, 2.24) is 9.88 Å². The average Bonchev–Trinajstić information content (AvgIpc) is 2.78. The quantitative estimate of drug-likeness (QED) is 0.912. The standard InChI is InChI=1S/C13H19ClFN3/c1-18(2)13(5-3-4-6-13)9-17-12-11(15)7-10(14)8-16-12/h7-8H,3-6,9H2,1-2H3,(H,16,17). The summed E-state index contributed by atoms with van der Waals surface area (Å²) in [7, 11) is 4.16. The van der Waals surface area contributed by atoms with Gasteiger partial charge in [0.2, 0.25) is 0 Å². The van der Waals surface area contributed by atoms with Gasteiger partial charge in [0.1, 0.15) is 0 Å². The SMILES string of the molecule is CN(C)C1(CNc2ncc(Cl)cc2F)CCCC1. The summed E-state index contributed by atoms with van der Waals surface area (Å²) in [5.74, 6) is -0.109. The maximum absolute atomic E-state index is 13.6. The summed E-state index contributed by atoms with van der Waals surface area (Å²) in [4.78, 5) is 6.23. The number of anilines is 1. The van der Waals surface area contributed by atoms with E-state index in [9.17, 15) is 4.39 Å². The van der Waals surface area contributed by atoms with Crippen molar-refractivity contribution in [3.63, 3.8) is 0 Å². The van der Waals surface area contributed by atoms with E-state index in [-0.39, 0.29) is 11.4 Å². The molecule has 1 fully saturated rings. The fourth-order valence-electron chi connectivity index (χ4n) is 2.61. The Morgan fingerprint density at radius 3 is 2.67 bits per heavy atom. The third-order valence-corrected chi connectivity index (χ3v) is 4.08. The molecular formula is C13H19ClFN3. The molecule has 2 rings (SSSR count). The highest BCUT2D eigenvalue weighted by atomic mass is 35.5. The van der Waals surface area contributed by atoms with Crippen molar-refractivity contribution in [3.05, 3.63) is 23.1 Å². The lowest BCUT2D eigenvalue weighted by molar-refractivity contribution is 0.172. The second-order valence-electron chi connectivity index (χ2n) is 5.16. The summed E-state index contributed by atoms with van der Waals surface area (Å²) in [6, 6.07) is 1.29. The molecule has 0 saturated heterocycles. The molecule has 1 aliphatic carbocycles. The van der Waals surface area contributed by atoms with Crippen LogP contribution >= 0.6 is 11.6 Å². The highest BCUT2D eigenvalue weighted by molar-refractivity contribution is 6.30. The van der Waals surface area contributed by atoms with E-state index < -0.39 is 5.82 Å². The molecule has 0 radical (unpaired) electrons. The van der Waals surface area contributed by atoms with Crippen molar-refractivity contribution in [2.45, 2.75) is 31.2 Å². The number of halogens is 2. The summed E-state index contributed by atoms with van der Waals surface area (Å²) in [5, 5.41) is 3.44. The van der Waals surface area contributed by atoms with Crippen LogP contribution in [0.15, 0.2) is 12.3 Å². The molecule has 0 aromatic carbocycles. The maximum Gasteiger partial charge on any atom is 0.166 e. The molecule has 1 aromatic heterocycles. The zero-order chi connectivity index (χ0) is 13.2. The minimum atomic E-state index is -0.394. The molecule has 0 unspecified atom stereocenters. The molecule has 1 N–H and O–H groups in total. The van der Waals surface area contributed by atoms with Gasteiger partial charge in [0, 0.05) is 18.3 Å². The number of hydrogen-bond donors (Lipinski definition) is 1. The molecule has 5 heteroatoms. The van der Waals surface area contributed by atoms with E-state index in [2.05, 4.69) is 29.3 Å². The van der Waals surface area contributed by atoms with Crippen molar-refractivity contribution >= 4 is 17.4 Å². The first-order valence-electron chi connectivity index (χ1n) is 6.26. The van der Waals surface area contributed by atoms with Gasteiger partial charge in [-0.15, -0.1) is 0 Å². The van der Waals surface area contributed by atoms with Gasteiger partial charge in [-0.05, 0) is 33.0 Å². The normalized spacial score (nSPS) is 18.3. The van der Waals surface area contributed by atoms with E-state index in [4.69, 9.17) is 11.6 Å². The van der Waals surface area contributed by atoms with Crippen molar-refractivity contribution in [2.75, 3.05) is 26.0 Å². The van der Waals surface area contributed by atoms with Gasteiger partial charge < -0.3 is 10.2 Å². The lowest BCUT2D eigenvalue weighted by Crippen LogP contribution is -2.47. The first-order valence-corrected chi connectivity index (χ1v) is 6.64. The van der Waals surface area contributed by atoms with Crippen LogP contribution < -0.4 is 5.32 Å². The molecule has 1 saturated carbocycles. The summed E-state index contributed by atoms with van der Waals surface area (Å²) >= 11 is 5.68. The smallest absolute Gasteiger partial charge is 0.166 e. The first kappa shape index (κ1) is 13.6. The molecule has 1 aliphatic rings. The molecule has 0 aliphatic heterocycles. The Kier molecular flexibility index (Phi) is 4.07. The van der Waals surface area contributed by atoms with Gasteiger partial charge in [-0.25, -0.2) is 9.37 Å². The lowest BCUT2D eigenvalue weighted by Gasteiger charge is -2.36. The maximum atomic E-state index is 13.6. The Hall–Kier alpha value is -0.870. The summed E-state index contributed by atoms with van der Waals surface area (Å²) < 4.78 is 13.6. The van der Waals surface area contributed by atoms with Gasteiger partial charge in [-0.2, -0.15) is 0 Å². The van der Waals surface area contributed by atoms with Crippen molar-refractivity contribution in [3.8, 4) is 0 Å². The number of nitrogens with zero attached hydrogens (tertiary/aromatic N) is 2. The van der Waals surface area contributed by atoms with Crippen LogP contribution in [0.2, 0.25) is 5.02 Å². The Balaban J connectivity index is 2.06. The van der Waals surface area contributed by atoms with E-state index in [1.54, 1.807) is 0 Å². The molecule has 0 spiro atoms. The van der Waals surface area contributed by atoms with Gasteiger partial charge in [-0.3, -0.25) is 0 Å². The predicted molar refractivity (Wildman–Crippen MR) is 72.6 cm³/mol. The zero-order valence-corrected chi connectivity index (χ0v) is 11.6. The molecule has 3 nitrogen and oxygen atoms in total. The molecule has 1 heterocycles. The minimum Gasteiger partial charge on any atom is -0.366 e. The van der Waals surface area contributed by atoms with Crippen LogP contribution in [0, 0.1) is 5.82 Å². The molecule has 1 aromatic rings. The van der Waals surface area contributed by atoms with E-state index >= 15 is 0 Å². The fraction of sp³-hybridized carbons (Fsp3) is 0.615. The second kappa shape index (κ2) is 5.41. The number of likely N-dealkylation sites (N-methyl/N-ethyl adjacent to an activating group) is 1. The molecule has 0 bridgehead atoms. The Morgan fingerprint density at radius 2 is 2.11 bits per heavy atom. The highest BCUT2D eigenvalue weighted by Crippen LogP contribution is 2.34. The number of hydrogen-bond acceptors (Lipinski definition) is 3. The van der Waals surface area contributed by atoms with Crippen molar-refractivity contribution < 1.29 is 4.39 Å². The van der Waals surface area contributed by atoms with Crippen molar-refractivity contribution in [2.24, 2.45) is 0 Å². The summed E-state index contributed by atoms with van der Waals surface area (Å²) in [6.45, 7) is 0.714. The van der Waals surface area contributed by atoms with Crippen LogP contribution in [0.3, 0.4) is 0 Å². The van der Waals surface area contributed by atoms with E-state index in [0.717, 1.165) is 12.8 Å². The van der Waals surface area contributed by atoms with Gasteiger partial charge >= 0.3 is 0 Å².